The van der Waals surface area contributed by atoms with E-state index in [1.807, 2.05) is 6.07 Å². The summed E-state index contributed by atoms with van der Waals surface area (Å²) in [4.78, 5) is 14.0. The lowest BCUT2D eigenvalue weighted by molar-refractivity contribution is 0.144. The lowest BCUT2D eigenvalue weighted by Crippen LogP contribution is -2.47. The molecule has 166 valence electrons. The van der Waals surface area contributed by atoms with Crippen LogP contribution in [0.25, 0.3) is 28.2 Å². The number of benzene rings is 1. The van der Waals surface area contributed by atoms with Crippen molar-refractivity contribution in [1.82, 2.24) is 24.6 Å². The Bertz CT molecular complexity index is 1220. The van der Waals surface area contributed by atoms with Gasteiger partial charge in [-0.2, -0.15) is 4.98 Å². The zero-order valence-electron chi connectivity index (χ0n) is 17.7. The third-order valence-electron chi connectivity index (χ3n) is 5.63. The van der Waals surface area contributed by atoms with E-state index in [0.717, 1.165) is 32.7 Å². The number of furan rings is 1. The van der Waals surface area contributed by atoms with Crippen LogP contribution in [-0.2, 0) is 4.74 Å². The molecule has 0 aliphatic carbocycles. The van der Waals surface area contributed by atoms with Gasteiger partial charge in [-0.25, -0.2) is 14.1 Å². The minimum absolute atomic E-state index is 0.327. The van der Waals surface area contributed by atoms with Crippen LogP contribution in [0, 0.1) is 5.82 Å². The lowest BCUT2D eigenvalue weighted by Gasteiger charge is -2.34. The highest BCUT2D eigenvalue weighted by atomic mass is 19.1. The van der Waals surface area contributed by atoms with E-state index in [0.29, 0.717) is 46.5 Å². The molecule has 0 bridgehead atoms. The molecule has 0 atom stereocenters. The average molecular weight is 437 g/mol. The zero-order valence-corrected chi connectivity index (χ0v) is 17.7. The molecule has 1 aromatic carbocycles. The Morgan fingerprint density at radius 1 is 1.12 bits per heavy atom. The fourth-order valence-corrected chi connectivity index (χ4v) is 3.93. The fourth-order valence-electron chi connectivity index (χ4n) is 3.93. The van der Waals surface area contributed by atoms with Crippen molar-refractivity contribution < 1.29 is 13.5 Å². The quantitative estimate of drug-likeness (QED) is 0.492. The molecule has 4 heterocycles. The minimum atomic E-state index is -0.370. The Hall–Kier alpha value is -3.50. The van der Waals surface area contributed by atoms with Gasteiger partial charge >= 0.3 is 0 Å². The van der Waals surface area contributed by atoms with Crippen LogP contribution < -0.4 is 10.6 Å². The monoisotopic (exact) mass is 437 g/mol. The molecule has 3 aromatic heterocycles. The Balaban J connectivity index is 1.56. The first kappa shape index (κ1) is 20.4. The second kappa shape index (κ2) is 8.56. The summed E-state index contributed by atoms with van der Waals surface area (Å²) in [6, 6.07) is 9.73. The number of halogens is 1. The number of nitrogen functional groups attached to an aromatic ring is 1. The van der Waals surface area contributed by atoms with Crippen LogP contribution in [-0.4, -0.2) is 71.1 Å². The van der Waals surface area contributed by atoms with Crippen LogP contribution >= 0.6 is 0 Å². The van der Waals surface area contributed by atoms with Gasteiger partial charge in [0, 0.05) is 39.8 Å². The van der Waals surface area contributed by atoms with Crippen LogP contribution in [0.4, 0.5) is 16.2 Å². The van der Waals surface area contributed by atoms with Crippen LogP contribution in [0.15, 0.2) is 47.1 Å². The van der Waals surface area contributed by atoms with Gasteiger partial charge in [0.15, 0.2) is 11.4 Å². The molecule has 0 amide bonds. The van der Waals surface area contributed by atoms with Gasteiger partial charge in [-0.1, -0.05) is 6.07 Å². The van der Waals surface area contributed by atoms with Gasteiger partial charge in [-0.15, -0.1) is 5.10 Å². The number of nitrogens with zero attached hydrogens (tertiary/aromatic N) is 6. The standard InChI is InChI=1S/C22H24FN7O2/c1-31-13-11-28-7-9-29(10-8-28)22-25-19(17-6-3-12-32-17)18-20(24)30(27-21(18)26-22)16-5-2-4-15(23)14-16/h2-6,12,14H,7-11,13,24H2,1H3. The molecule has 1 fully saturated rings. The van der Waals surface area contributed by atoms with Crippen LogP contribution in [0.3, 0.4) is 0 Å². The van der Waals surface area contributed by atoms with Gasteiger partial charge in [0.25, 0.3) is 0 Å². The highest BCUT2D eigenvalue weighted by Gasteiger charge is 2.24. The predicted octanol–water partition coefficient (Wildman–Crippen LogP) is 2.57. The number of ether oxygens (including phenoxy) is 1. The van der Waals surface area contributed by atoms with Crippen LogP contribution in [0.1, 0.15) is 0 Å². The molecular weight excluding hydrogens is 413 g/mol. The first-order valence-corrected chi connectivity index (χ1v) is 10.5. The molecule has 1 aliphatic heterocycles. The SMILES string of the molecule is COCCN1CCN(c2nc(-c3ccco3)c3c(N)n(-c4cccc(F)c4)nc3n2)CC1. The summed E-state index contributed by atoms with van der Waals surface area (Å²) < 4.78 is 26.1. The molecule has 0 spiro atoms. The van der Waals surface area contributed by atoms with Gasteiger partial charge in [-0.05, 0) is 30.3 Å². The Morgan fingerprint density at radius 2 is 1.97 bits per heavy atom. The summed E-state index contributed by atoms with van der Waals surface area (Å²) in [5.74, 6) is 1.10. The summed E-state index contributed by atoms with van der Waals surface area (Å²) in [5.41, 5.74) is 7.96. The number of rotatable bonds is 6. The van der Waals surface area contributed by atoms with E-state index in [-0.39, 0.29) is 5.82 Å². The molecule has 4 aromatic rings. The number of methoxy groups -OCH3 is 1. The van der Waals surface area contributed by atoms with E-state index < -0.39 is 0 Å². The van der Waals surface area contributed by atoms with Crippen LogP contribution in [0.2, 0.25) is 0 Å². The Morgan fingerprint density at radius 3 is 2.69 bits per heavy atom. The van der Waals surface area contributed by atoms with E-state index >= 15 is 0 Å². The topological polar surface area (TPSA) is 98.5 Å². The molecule has 0 radical (unpaired) electrons. The molecule has 1 saturated heterocycles. The highest BCUT2D eigenvalue weighted by Crippen LogP contribution is 2.33. The molecular formula is C22H24FN7O2. The highest BCUT2D eigenvalue weighted by molar-refractivity contribution is 5.98. The van der Waals surface area contributed by atoms with Gasteiger partial charge in [0.2, 0.25) is 5.95 Å². The first-order chi connectivity index (χ1) is 15.6. The fraction of sp³-hybridized carbons (Fsp3) is 0.318. The lowest BCUT2D eigenvalue weighted by atomic mass is 10.2. The Kier molecular flexibility index (Phi) is 5.46. The number of fused-ring (bicyclic) bond motifs is 1. The molecule has 5 rings (SSSR count). The normalized spacial score (nSPS) is 15.0. The largest absolute Gasteiger partial charge is 0.463 e. The number of hydrogen-bond acceptors (Lipinski definition) is 8. The summed E-state index contributed by atoms with van der Waals surface area (Å²) in [6.07, 6.45) is 1.59. The van der Waals surface area contributed by atoms with Gasteiger partial charge in [0.05, 0.1) is 23.9 Å². The van der Waals surface area contributed by atoms with E-state index in [2.05, 4.69) is 14.9 Å². The third kappa shape index (κ3) is 3.78. The number of hydrogen-bond donors (Lipinski definition) is 1. The summed E-state index contributed by atoms with van der Waals surface area (Å²) >= 11 is 0. The van der Waals surface area contributed by atoms with Crippen molar-refractivity contribution in [3.05, 3.63) is 48.5 Å². The molecule has 0 saturated carbocycles. The first-order valence-electron chi connectivity index (χ1n) is 10.5. The third-order valence-corrected chi connectivity index (χ3v) is 5.63. The summed E-state index contributed by atoms with van der Waals surface area (Å²) in [7, 11) is 1.71. The number of piperazine rings is 1. The van der Waals surface area contributed by atoms with Gasteiger partial charge in [0.1, 0.15) is 17.3 Å². The molecule has 0 unspecified atom stereocenters. The maximum Gasteiger partial charge on any atom is 0.228 e. The van der Waals surface area contributed by atoms with E-state index in [1.165, 1.54) is 16.8 Å². The number of nitrogens with two attached hydrogens (primary N) is 1. The van der Waals surface area contributed by atoms with Gasteiger partial charge < -0.3 is 19.8 Å². The zero-order chi connectivity index (χ0) is 22.1. The van der Waals surface area contributed by atoms with Gasteiger partial charge in [-0.3, -0.25) is 4.90 Å². The molecule has 10 heteroatoms. The molecule has 32 heavy (non-hydrogen) atoms. The second-order valence-corrected chi connectivity index (χ2v) is 7.65. The summed E-state index contributed by atoms with van der Waals surface area (Å²) in [6.45, 7) is 4.96. The minimum Gasteiger partial charge on any atom is -0.463 e. The summed E-state index contributed by atoms with van der Waals surface area (Å²) in [5, 5.41) is 5.16. The molecule has 2 N–H and O–H groups in total. The number of anilines is 2. The van der Waals surface area contributed by atoms with Crippen molar-refractivity contribution in [3.8, 4) is 17.1 Å². The molecule has 1 aliphatic rings. The smallest absolute Gasteiger partial charge is 0.228 e. The van der Waals surface area contributed by atoms with E-state index in [9.17, 15) is 4.39 Å². The van der Waals surface area contributed by atoms with E-state index in [4.69, 9.17) is 24.9 Å². The van der Waals surface area contributed by atoms with Crippen LogP contribution in [0.5, 0.6) is 0 Å². The molecule has 9 nitrogen and oxygen atoms in total. The Labute approximate surface area is 184 Å². The van der Waals surface area contributed by atoms with Crippen molar-refractivity contribution in [2.24, 2.45) is 0 Å². The van der Waals surface area contributed by atoms with Crippen molar-refractivity contribution in [2.45, 2.75) is 0 Å². The van der Waals surface area contributed by atoms with Crippen molar-refractivity contribution in [2.75, 3.05) is 57.1 Å². The van der Waals surface area contributed by atoms with E-state index in [1.54, 1.807) is 31.6 Å². The van der Waals surface area contributed by atoms with Crippen molar-refractivity contribution in [1.29, 1.82) is 0 Å². The second-order valence-electron chi connectivity index (χ2n) is 7.65. The predicted molar refractivity (Wildman–Crippen MR) is 119 cm³/mol. The maximum atomic E-state index is 13.8. The maximum absolute atomic E-state index is 13.8. The average Bonchev–Trinajstić information content (AvgIpc) is 3.46. The number of aromatic nitrogens is 4. The van der Waals surface area contributed by atoms with Crippen molar-refractivity contribution in [3.63, 3.8) is 0 Å². The van der Waals surface area contributed by atoms with Crippen molar-refractivity contribution >= 4 is 22.8 Å².